The van der Waals surface area contributed by atoms with Crippen molar-refractivity contribution in [3.05, 3.63) is 0 Å². The first kappa shape index (κ1) is 20.7. The molecule has 2 amide bonds. The lowest BCUT2D eigenvalue weighted by Crippen LogP contribution is -2.40. The van der Waals surface area contributed by atoms with Crippen LogP contribution in [0.15, 0.2) is 0 Å². The third-order valence-electron chi connectivity index (χ3n) is 5.91. The Morgan fingerprint density at radius 3 is 2.54 bits per heavy atom. The number of hydrogen-bond donors (Lipinski definition) is 1. The summed E-state index contributed by atoms with van der Waals surface area (Å²) in [5.41, 5.74) is 0. The molecule has 0 spiro atoms. The van der Waals surface area contributed by atoms with E-state index >= 15 is 0 Å². The van der Waals surface area contributed by atoms with E-state index in [1.165, 1.54) is 0 Å². The molecule has 0 bridgehead atoms. The van der Waals surface area contributed by atoms with Crippen molar-refractivity contribution in [3.63, 3.8) is 0 Å². The van der Waals surface area contributed by atoms with E-state index in [1.54, 1.807) is 0 Å². The number of carbonyl (C=O) groups excluding carboxylic acids is 2. The van der Waals surface area contributed by atoms with Gasteiger partial charge in [-0.15, -0.1) is 0 Å². The predicted molar refractivity (Wildman–Crippen MR) is 98.7 cm³/mol. The molecule has 0 aromatic rings. The normalized spacial score (nSPS) is 24.4. The molecule has 7 nitrogen and oxygen atoms in total. The number of carbonyl (C=O) groups is 3. The molecule has 148 valence electrons. The van der Waals surface area contributed by atoms with Crippen molar-refractivity contribution < 1.29 is 19.5 Å². The van der Waals surface area contributed by atoms with Gasteiger partial charge in [-0.2, -0.15) is 0 Å². The van der Waals surface area contributed by atoms with Gasteiger partial charge in [0.05, 0.1) is 12.5 Å². The number of amides is 2. The molecular formula is C19H33N3O4. The van der Waals surface area contributed by atoms with Crippen molar-refractivity contribution in [2.24, 2.45) is 5.92 Å². The molecule has 2 saturated heterocycles. The smallest absolute Gasteiger partial charge is 0.317 e. The highest BCUT2D eigenvalue weighted by atomic mass is 16.4. The van der Waals surface area contributed by atoms with Crippen LogP contribution in [0.3, 0.4) is 0 Å². The van der Waals surface area contributed by atoms with E-state index in [-0.39, 0.29) is 36.4 Å². The van der Waals surface area contributed by atoms with Crippen molar-refractivity contribution >= 4 is 17.8 Å². The third-order valence-corrected chi connectivity index (χ3v) is 5.91. The van der Waals surface area contributed by atoms with Crippen molar-refractivity contribution in [1.29, 1.82) is 0 Å². The molecule has 2 aliphatic rings. The van der Waals surface area contributed by atoms with Gasteiger partial charge in [0, 0.05) is 38.1 Å². The lowest BCUT2D eigenvalue weighted by molar-refractivity contribution is -0.139. The summed E-state index contributed by atoms with van der Waals surface area (Å²) in [6.07, 6.45) is 4.73. The predicted octanol–water partition coefficient (Wildman–Crippen LogP) is 1.42. The number of rotatable bonds is 7. The molecule has 2 heterocycles. The molecule has 1 N–H and O–H groups in total. The quantitative estimate of drug-likeness (QED) is 0.736. The minimum atomic E-state index is -0.823. The van der Waals surface area contributed by atoms with Crippen LogP contribution in [0, 0.1) is 5.92 Å². The Hall–Kier alpha value is -1.63. The maximum Gasteiger partial charge on any atom is 0.317 e. The average Bonchev–Trinajstić information content (AvgIpc) is 2.83. The zero-order valence-electron chi connectivity index (χ0n) is 16.3. The van der Waals surface area contributed by atoms with Crippen molar-refractivity contribution in [2.45, 2.75) is 64.5 Å². The molecular weight excluding hydrogens is 334 g/mol. The van der Waals surface area contributed by atoms with E-state index in [0.29, 0.717) is 26.1 Å². The van der Waals surface area contributed by atoms with Crippen molar-refractivity contribution in [2.75, 3.05) is 33.2 Å². The first-order valence-corrected chi connectivity index (χ1v) is 9.87. The summed E-state index contributed by atoms with van der Waals surface area (Å²) in [6.45, 7) is 6.08. The van der Waals surface area contributed by atoms with Crippen LogP contribution in [0.1, 0.15) is 52.4 Å². The molecule has 0 aliphatic carbocycles. The maximum atomic E-state index is 12.9. The van der Waals surface area contributed by atoms with Gasteiger partial charge in [-0.3, -0.25) is 19.3 Å². The SMILES string of the molecule is CCC(CC)N1CC(C(=O)N2CCCC(N(C)CC(=O)O)CC2)CC1=O. The highest BCUT2D eigenvalue weighted by molar-refractivity contribution is 5.89. The van der Waals surface area contributed by atoms with E-state index in [9.17, 15) is 14.4 Å². The number of likely N-dealkylation sites (tertiary alicyclic amines) is 2. The van der Waals surface area contributed by atoms with Gasteiger partial charge in [-0.1, -0.05) is 13.8 Å². The molecule has 2 unspecified atom stereocenters. The van der Waals surface area contributed by atoms with Crippen LogP contribution in [0.2, 0.25) is 0 Å². The molecule has 2 rings (SSSR count). The van der Waals surface area contributed by atoms with Gasteiger partial charge in [-0.05, 0) is 39.2 Å². The molecule has 0 saturated carbocycles. The van der Waals surface area contributed by atoms with E-state index in [0.717, 1.165) is 32.1 Å². The zero-order chi connectivity index (χ0) is 19.3. The summed E-state index contributed by atoms with van der Waals surface area (Å²) in [5.74, 6) is -0.855. The standard InChI is InChI=1S/C19H33N3O4/c1-4-15(5-2)22-12-14(11-17(22)23)19(26)21-9-6-7-16(8-10-21)20(3)13-18(24)25/h14-16H,4-13H2,1-3H3,(H,24,25). The molecule has 0 aromatic heterocycles. The van der Waals surface area contributed by atoms with E-state index in [2.05, 4.69) is 13.8 Å². The Labute approximate surface area is 156 Å². The molecule has 2 aliphatic heterocycles. The fourth-order valence-corrected chi connectivity index (χ4v) is 4.32. The fourth-order valence-electron chi connectivity index (χ4n) is 4.32. The molecule has 2 fully saturated rings. The number of nitrogens with zero attached hydrogens (tertiary/aromatic N) is 3. The summed E-state index contributed by atoms with van der Waals surface area (Å²) in [4.78, 5) is 41.8. The largest absolute Gasteiger partial charge is 0.480 e. The Balaban J connectivity index is 1.92. The second-order valence-corrected chi connectivity index (χ2v) is 7.64. The highest BCUT2D eigenvalue weighted by Crippen LogP contribution is 2.26. The molecule has 26 heavy (non-hydrogen) atoms. The lowest BCUT2D eigenvalue weighted by atomic mass is 10.1. The van der Waals surface area contributed by atoms with E-state index in [4.69, 9.17) is 5.11 Å². The lowest BCUT2D eigenvalue weighted by Gasteiger charge is -2.28. The zero-order valence-corrected chi connectivity index (χ0v) is 16.3. The maximum absolute atomic E-state index is 12.9. The Morgan fingerprint density at radius 2 is 1.92 bits per heavy atom. The van der Waals surface area contributed by atoms with Gasteiger partial charge in [0.2, 0.25) is 11.8 Å². The number of carboxylic acids is 1. The summed E-state index contributed by atoms with van der Waals surface area (Å²) in [5, 5.41) is 8.96. The Bertz CT molecular complexity index is 521. The fraction of sp³-hybridized carbons (Fsp3) is 0.842. The second kappa shape index (κ2) is 9.35. The average molecular weight is 367 g/mol. The minimum Gasteiger partial charge on any atom is -0.480 e. The van der Waals surface area contributed by atoms with Crippen LogP contribution in [0.5, 0.6) is 0 Å². The van der Waals surface area contributed by atoms with Gasteiger partial charge < -0.3 is 14.9 Å². The molecule has 0 radical (unpaired) electrons. The highest BCUT2D eigenvalue weighted by Gasteiger charge is 2.39. The third kappa shape index (κ3) is 4.96. The monoisotopic (exact) mass is 367 g/mol. The number of likely N-dealkylation sites (N-methyl/N-ethyl adjacent to an activating group) is 1. The summed E-state index contributed by atoms with van der Waals surface area (Å²) >= 11 is 0. The Morgan fingerprint density at radius 1 is 1.23 bits per heavy atom. The first-order chi connectivity index (χ1) is 12.4. The van der Waals surface area contributed by atoms with Crippen LogP contribution >= 0.6 is 0 Å². The van der Waals surface area contributed by atoms with Crippen LogP contribution in [-0.4, -0.2) is 82.9 Å². The van der Waals surface area contributed by atoms with Gasteiger partial charge >= 0.3 is 5.97 Å². The number of aliphatic carboxylic acids is 1. The van der Waals surface area contributed by atoms with Crippen LogP contribution in [0.25, 0.3) is 0 Å². The van der Waals surface area contributed by atoms with Crippen molar-refractivity contribution in [3.8, 4) is 0 Å². The molecule has 7 heteroatoms. The number of carboxylic acid groups (broad SMARTS) is 1. The van der Waals surface area contributed by atoms with Crippen LogP contribution in [-0.2, 0) is 14.4 Å². The summed E-state index contributed by atoms with van der Waals surface area (Å²) in [7, 11) is 1.83. The summed E-state index contributed by atoms with van der Waals surface area (Å²) < 4.78 is 0. The number of hydrogen-bond acceptors (Lipinski definition) is 4. The van der Waals surface area contributed by atoms with Gasteiger partial charge in [0.25, 0.3) is 0 Å². The minimum absolute atomic E-state index is 0.0279. The molecule has 0 aromatic carbocycles. The van der Waals surface area contributed by atoms with Gasteiger partial charge in [0.1, 0.15) is 0 Å². The van der Waals surface area contributed by atoms with Crippen LogP contribution in [0.4, 0.5) is 0 Å². The second-order valence-electron chi connectivity index (χ2n) is 7.64. The van der Waals surface area contributed by atoms with Gasteiger partial charge in [-0.25, -0.2) is 0 Å². The van der Waals surface area contributed by atoms with Crippen LogP contribution < -0.4 is 0 Å². The van der Waals surface area contributed by atoms with E-state index < -0.39 is 5.97 Å². The molecule has 2 atom stereocenters. The Kier molecular flexibility index (Phi) is 7.43. The van der Waals surface area contributed by atoms with E-state index in [1.807, 2.05) is 21.7 Å². The van der Waals surface area contributed by atoms with Crippen molar-refractivity contribution in [1.82, 2.24) is 14.7 Å². The topological polar surface area (TPSA) is 81.2 Å². The summed E-state index contributed by atoms with van der Waals surface area (Å²) in [6, 6.07) is 0.425. The first-order valence-electron chi connectivity index (χ1n) is 9.87. The van der Waals surface area contributed by atoms with Gasteiger partial charge in [0.15, 0.2) is 0 Å².